The van der Waals surface area contributed by atoms with Crippen LogP contribution in [-0.2, 0) is 14.3 Å². The van der Waals surface area contributed by atoms with Crippen LogP contribution in [0.4, 0.5) is 0 Å². The fraction of sp³-hybridized carbons (Fsp3) is 0.441. The van der Waals surface area contributed by atoms with E-state index in [1.54, 1.807) is 36.0 Å². The molecule has 3 saturated carbocycles. The predicted molar refractivity (Wildman–Crippen MR) is 166 cm³/mol. The van der Waals surface area contributed by atoms with Crippen LogP contribution >= 0.6 is 35.1 Å². The molecule has 0 heterocycles. The van der Waals surface area contributed by atoms with Crippen LogP contribution in [0.1, 0.15) is 56.3 Å². The van der Waals surface area contributed by atoms with Gasteiger partial charge >= 0.3 is 5.97 Å². The Morgan fingerprint density at radius 1 is 1.05 bits per heavy atom. The minimum absolute atomic E-state index is 0.00162. The van der Waals surface area contributed by atoms with E-state index >= 15 is 0 Å². The van der Waals surface area contributed by atoms with E-state index in [0.717, 1.165) is 46.4 Å². The van der Waals surface area contributed by atoms with Crippen molar-refractivity contribution in [2.75, 3.05) is 5.21 Å². The molecule has 0 aliphatic heterocycles. The van der Waals surface area contributed by atoms with Crippen LogP contribution in [-0.4, -0.2) is 38.9 Å². The zero-order chi connectivity index (χ0) is 29.7. The van der Waals surface area contributed by atoms with E-state index in [9.17, 15) is 19.5 Å². The first-order valence-electron chi connectivity index (χ1n) is 14.5. The van der Waals surface area contributed by atoms with Gasteiger partial charge in [-0.15, -0.1) is 11.6 Å². The number of ketones is 1. The Bertz CT molecular complexity index is 1460. The van der Waals surface area contributed by atoms with Gasteiger partial charge in [0.05, 0.1) is 16.9 Å². The van der Waals surface area contributed by atoms with Gasteiger partial charge in [0.15, 0.2) is 11.4 Å². The number of carbonyl (C=O) groups excluding carboxylic acids is 3. The van der Waals surface area contributed by atoms with E-state index in [1.165, 1.54) is 0 Å². The van der Waals surface area contributed by atoms with Crippen LogP contribution in [0, 0.1) is 28.6 Å². The lowest BCUT2D eigenvalue weighted by Gasteiger charge is -2.59. The molecule has 7 atom stereocenters. The average molecular weight is 623 g/mol. The molecule has 5 nitrogen and oxygen atoms in total. The number of hydrogen-bond acceptors (Lipinski definition) is 7. The summed E-state index contributed by atoms with van der Waals surface area (Å²) in [6.07, 6.45) is 7.66. The SMILES string of the molecule is CC12C=CC(=O)C=C1CCC1C2C(O)CC2(C)C1CC[C@]2(OC(=O)c1ccc(Sc2ccccc2)cc1)C(=O)SCCl. The summed E-state index contributed by atoms with van der Waals surface area (Å²) in [5.74, 6) is -0.409. The molecule has 2 aromatic carbocycles. The number of aliphatic hydroxyl groups is 1. The monoisotopic (exact) mass is 622 g/mol. The summed E-state index contributed by atoms with van der Waals surface area (Å²) < 4.78 is 6.35. The largest absolute Gasteiger partial charge is 0.446 e. The van der Waals surface area contributed by atoms with Gasteiger partial charge in [0.2, 0.25) is 5.12 Å². The molecule has 4 aliphatic rings. The third-order valence-corrected chi connectivity index (χ3v) is 12.5. The van der Waals surface area contributed by atoms with E-state index in [4.69, 9.17) is 16.3 Å². The molecule has 0 spiro atoms. The number of aliphatic hydroxyl groups excluding tert-OH is 1. The van der Waals surface area contributed by atoms with E-state index < -0.39 is 28.5 Å². The Kier molecular flexibility index (Phi) is 8.01. The van der Waals surface area contributed by atoms with Crippen molar-refractivity contribution in [2.24, 2.45) is 28.6 Å². The van der Waals surface area contributed by atoms with Crippen LogP contribution in [0.5, 0.6) is 0 Å². The first kappa shape index (κ1) is 29.7. The molecule has 2 aromatic rings. The van der Waals surface area contributed by atoms with E-state index in [2.05, 4.69) is 6.92 Å². The molecule has 0 aromatic heterocycles. The molecule has 0 saturated heterocycles. The lowest BCUT2D eigenvalue weighted by Crippen LogP contribution is -2.62. The molecule has 3 fully saturated rings. The lowest BCUT2D eigenvalue weighted by molar-refractivity contribution is -0.171. The number of benzene rings is 2. The summed E-state index contributed by atoms with van der Waals surface area (Å²) in [6.45, 7) is 4.15. The van der Waals surface area contributed by atoms with Crippen LogP contribution in [0.3, 0.4) is 0 Å². The van der Waals surface area contributed by atoms with Crippen molar-refractivity contribution in [1.82, 2.24) is 0 Å². The number of halogens is 1. The molecule has 1 N–H and O–H groups in total. The second-order valence-electron chi connectivity index (χ2n) is 12.4. The van der Waals surface area contributed by atoms with Crippen LogP contribution < -0.4 is 0 Å². The van der Waals surface area contributed by atoms with Crippen molar-refractivity contribution in [3.05, 3.63) is 84.0 Å². The molecule has 0 bridgehead atoms. The molecular weight excluding hydrogens is 588 g/mol. The first-order chi connectivity index (χ1) is 20.1. The van der Waals surface area contributed by atoms with Gasteiger partial charge in [-0.25, -0.2) is 4.79 Å². The Balaban J connectivity index is 1.29. The van der Waals surface area contributed by atoms with E-state index in [-0.39, 0.29) is 33.9 Å². The van der Waals surface area contributed by atoms with Gasteiger partial charge in [-0.05, 0) is 92.5 Å². The maximum Gasteiger partial charge on any atom is 0.339 e. The smallest absolute Gasteiger partial charge is 0.339 e. The molecule has 220 valence electrons. The molecule has 6 rings (SSSR count). The number of rotatable bonds is 6. The highest BCUT2D eigenvalue weighted by Crippen LogP contribution is 2.68. The third kappa shape index (κ3) is 4.81. The van der Waals surface area contributed by atoms with E-state index in [1.807, 2.05) is 55.5 Å². The van der Waals surface area contributed by atoms with Crippen LogP contribution in [0.25, 0.3) is 0 Å². The highest BCUT2D eigenvalue weighted by molar-refractivity contribution is 8.14. The Morgan fingerprint density at radius 3 is 2.48 bits per heavy atom. The predicted octanol–water partition coefficient (Wildman–Crippen LogP) is 7.47. The second-order valence-corrected chi connectivity index (χ2v) is 15.1. The standard InChI is InChI=1S/C34H35ClO5S2/c1-32-16-14-23(36)18-22(32)10-13-26-27-15-17-34(31(39)41-20-35,33(27,2)19-28(37)29(26)32)40-30(38)21-8-11-25(12-9-21)42-24-6-4-3-5-7-24/h3-9,11-12,14,16,18,26-29,37H,10,13,15,17,19-20H2,1-2H3/t26?,27?,28?,29?,32?,33?,34-/m0/s1. The van der Waals surface area contributed by atoms with Gasteiger partial charge in [0, 0.05) is 26.5 Å². The zero-order valence-corrected chi connectivity index (χ0v) is 26.1. The number of thioether (sulfide) groups is 1. The molecule has 0 radical (unpaired) electrons. The Hall–Kier alpha value is -2.32. The maximum atomic E-state index is 13.9. The van der Waals surface area contributed by atoms with Crippen LogP contribution in [0.2, 0.25) is 0 Å². The number of fused-ring (bicyclic) bond motifs is 5. The molecule has 0 amide bonds. The van der Waals surface area contributed by atoms with Gasteiger partial charge < -0.3 is 9.84 Å². The summed E-state index contributed by atoms with van der Waals surface area (Å²) >= 11 is 8.63. The number of alkyl halides is 1. The zero-order valence-electron chi connectivity index (χ0n) is 23.8. The maximum absolute atomic E-state index is 13.9. The normalized spacial score (nSPS) is 35.0. The van der Waals surface area contributed by atoms with Crippen molar-refractivity contribution >= 4 is 52.0 Å². The Morgan fingerprint density at radius 2 is 1.76 bits per heavy atom. The molecule has 6 unspecified atom stereocenters. The van der Waals surface area contributed by atoms with Crippen molar-refractivity contribution in [2.45, 2.75) is 67.4 Å². The lowest BCUT2D eigenvalue weighted by atomic mass is 9.46. The Labute approximate surface area is 260 Å². The number of allylic oxidation sites excluding steroid dienone is 4. The van der Waals surface area contributed by atoms with Gasteiger partial charge in [-0.3, -0.25) is 9.59 Å². The summed E-state index contributed by atoms with van der Waals surface area (Å²) in [5.41, 5.74) is -1.10. The van der Waals surface area contributed by atoms with Gasteiger partial charge in [0.1, 0.15) is 0 Å². The summed E-state index contributed by atoms with van der Waals surface area (Å²) in [4.78, 5) is 41.9. The summed E-state index contributed by atoms with van der Waals surface area (Å²) in [6, 6.07) is 17.3. The highest BCUT2D eigenvalue weighted by Gasteiger charge is 2.70. The van der Waals surface area contributed by atoms with Gasteiger partial charge in [-0.2, -0.15) is 0 Å². The number of esters is 1. The topological polar surface area (TPSA) is 80.7 Å². The van der Waals surface area contributed by atoms with Gasteiger partial charge in [-0.1, -0.05) is 67.2 Å². The van der Waals surface area contributed by atoms with Crippen molar-refractivity contribution < 1.29 is 24.2 Å². The van der Waals surface area contributed by atoms with Crippen LogP contribution in [0.15, 0.2) is 88.2 Å². The van der Waals surface area contributed by atoms with Gasteiger partial charge in [0.25, 0.3) is 0 Å². The second kappa shape index (κ2) is 11.3. The molecular formula is C34H35ClO5S2. The fourth-order valence-corrected chi connectivity index (χ4v) is 10.4. The fourth-order valence-electron chi connectivity index (χ4n) is 8.53. The average Bonchev–Trinajstić information content (AvgIpc) is 3.26. The first-order valence-corrected chi connectivity index (χ1v) is 16.9. The number of ether oxygens (including phenoxy) is 1. The number of carbonyl (C=O) groups is 3. The minimum atomic E-state index is -1.40. The molecule has 42 heavy (non-hydrogen) atoms. The highest BCUT2D eigenvalue weighted by atomic mass is 35.5. The van der Waals surface area contributed by atoms with Crippen molar-refractivity contribution in [3.8, 4) is 0 Å². The number of hydrogen-bond donors (Lipinski definition) is 1. The molecule has 4 aliphatic carbocycles. The summed E-state index contributed by atoms with van der Waals surface area (Å²) in [7, 11) is 0. The third-order valence-electron chi connectivity index (χ3n) is 10.5. The van der Waals surface area contributed by atoms with Crippen molar-refractivity contribution in [1.29, 1.82) is 0 Å². The summed E-state index contributed by atoms with van der Waals surface area (Å²) in [5, 5.41) is 11.6. The van der Waals surface area contributed by atoms with E-state index in [0.29, 0.717) is 18.4 Å². The minimum Gasteiger partial charge on any atom is -0.446 e. The van der Waals surface area contributed by atoms with Crippen molar-refractivity contribution in [3.63, 3.8) is 0 Å². The molecule has 8 heteroatoms. The quantitative estimate of drug-likeness (QED) is 0.264.